The van der Waals surface area contributed by atoms with Crippen LogP contribution in [0.25, 0.3) is 0 Å². The number of pyridine rings is 1. The lowest BCUT2D eigenvalue weighted by atomic mass is 10.3. The summed E-state index contributed by atoms with van der Waals surface area (Å²) in [7, 11) is -3.90. The zero-order valence-electron chi connectivity index (χ0n) is 12.7. The molecule has 7 nitrogen and oxygen atoms in total. The molecule has 0 bridgehead atoms. The van der Waals surface area contributed by atoms with Gasteiger partial charge in [-0.2, -0.15) is 13.2 Å². The normalized spacial score (nSPS) is 12.2. The Morgan fingerprint density at radius 2 is 2.00 bits per heavy atom. The van der Waals surface area contributed by atoms with E-state index in [4.69, 9.17) is 16.7 Å². The summed E-state index contributed by atoms with van der Waals surface area (Å²) in [6, 6.07) is 1.73. The standard InChI is InChI=1S/C13H11ClF3N3O4S2/c14-9-4-8(13(15,16)17)5-19-11(9)18-1-2-20-26(23,24)10-3-7(6-25-10)12(21)22/h3-6,20H,1-2H2,(H,18,19)(H,21,22). The lowest BCUT2D eigenvalue weighted by Crippen LogP contribution is -2.28. The fourth-order valence-electron chi connectivity index (χ4n) is 1.73. The number of hydrogen-bond acceptors (Lipinski definition) is 6. The highest BCUT2D eigenvalue weighted by molar-refractivity contribution is 7.91. The van der Waals surface area contributed by atoms with E-state index in [1.807, 2.05) is 0 Å². The van der Waals surface area contributed by atoms with Crippen LogP contribution >= 0.6 is 22.9 Å². The van der Waals surface area contributed by atoms with Crippen LogP contribution in [0, 0.1) is 0 Å². The predicted molar refractivity (Wildman–Crippen MR) is 89.2 cm³/mol. The number of rotatable bonds is 7. The van der Waals surface area contributed by atoms with Gasteiger partial charge in [0.05, 0.1) is 16.1 Å². The molecule has 2 aromatic rings. The molecule has 2 rings (SSSR count). The SMILES string of the molecule is O=C(O)c1csc(S(=O)(=O)NCCNc2ncc(C(F)(F)F)cc2Cl)c1. The molecular formula is C13H11ClF3N3O4S2. The largest absolute Gasteiger partial charge is 0.478 e. The Morgan fingerprint density at radius 1 is 1.31 bits per heavy atom. The summed E-state index contributed by atoms with van der Waals surface area (Å²) in [4.78, 5) is 14.3. The van der Waals surface area contributed by atoms with E-state index in [0.717, 1.165) is 17.4 Å². The van der Waals surface area contributed by atoms with E-state index < -0.39 is 27.7 Å². The van der Waals surface area contributed by atoms with Gasteiger partial charge in [-0.25, -0.2) is 22.9 Å². The molecule has 0 aliphatic heterocycles. The van der Waals surface area contributed by atoms with Gasteiger partial charge in [-0.1, -0.05) is 11.6 Å². The van der Waals surface area contributed by atoms with Crippen LogP contribution in [0.1, 0.15) is 15.9 Å². The van der Waals surface area contributed by atoms with Crippen molar-refractivity contribution in [2.45, 2.75) is 10.4 Å². The Hall–Kier alpha value is -1.89. The Labute approximate surface area is 154 Å². The summed E-state index contributed by atoms with van der Waals surface area (Å²) in [5, 5.41) is 12.3. The number of anilines is 1. The van der Waals surface area contributed by atoms with Crippen LogP contribution in [-0.2, 0) is 16.2 Å². The van der Waals surface area contributed by atoms with Gasteiger partial charge in [0, 0.05) is 24.7 Å². The van der Waals surface area contributed by atoms with Crippen LogP contribution in [0.3, 0.4) is 0 Å². The number of sulfonamides is 1. The van der Waals surface area contributed by atoms with Crippen molar-refractivity contribution < 1.29 is 31.5 Å². The number of thiophene rings is 1. The van der Waals surface area contributed by atoms with Crippen molar-refractivity contribution in [2.24, 2.45) is 0 Å². The average Bonchev–Trinajstić information content (AvgIpc) is 3.03. The number of alkyl halides is 3. The zero-order chi connectivity index (χ0) is 19.5. The molecule has 0 amide bonds. The monoisotopic (exact) mass is 429 g/mol. The molecule has 142 valence electrons. The fourth-order valence-corrected chi connectivity index (χ4v) is 4.19. The van der Waals surface area contributed by atoms with E-state index in [1.165, 1.54) is 5.38 Å². The number of carboxylic acids is 1. The van der Waals surface area contributed by atoms with Crippen molar-refractivity contribution in [2.75, 3.05) is 18.4 Å². The number of carboxylic acid groups (broad SMARTS) is 1. The summed E-state index contributed by atoms with van der Waals surface area (Å²) >= 11 is 6.47. The first kappa shape index (κ1) is 20.4. The van der Waals surface area contributed by atoms with E-state index in [-0.39, 0.29) is 33.7 Å². The summed E-state index contributed by atoms with van der Waals surface area (Å²) in [6.45, 7) is -0.129. The topological polar surface area (TPSA) is 108 Å². The maximum absolute atomic E-state index is 12.5. The highest BCUT2D eigenvalue weighted by Crippen LogP contribution is 2.32. The molecule has 0 spiro atoms. The van der Waals surface area contributed by atoms with Crippen LogP contribution < -0.4 is 10.0 Å². The molecule has 0 fully saturated rings. The van der Waals surface area contributed by atoms with Crippen molar-refractivity contribution >= 4 is 44.7 Å². The van der Waals surface area contributed by atoms with E-state index >= 15 is 0 Å². The number of nitrogens with zero attached hydrogens (tertiary/aromatic N) is 1. The minimum absolute atomic E-state index is 0.00548. The van der Waals surface area contributed by atoms with Crippen LogP contribution in [0.2, 0.25) is 5.02 Å². The van der Waals surface area contributed by atoms with Crippen molar-refractivity contribution in [1.29, 1.82) is 0 Å². The summed E-state index contributed by atoms with van der Waals surface area (Å²) in [5.74, 6) is -1.27. The molecule has 0 atom stereocenters. The van der Waals surface area contributed by atoms with Gasteiger partial charge in [0.1, 0.15) is 10.0 Å². The number of hydrogen-bond donors (Lipinski definition) is 3. The van der Waals surface area contributed by atoms with Gasteiger partial charge in [0.2, 0.25) is 10.0 Å². The first-order valence-electron chi connectivity index (χ1n) is 6.79. The van der Waals surface area contributed by atoms with E-state index in [2.05, 4.69) is 15.0 Å². The van der Waals surface area contributed by atoms with E-state index in [0.29, 0.717) is 12.3 Å². The summed E-state index contributed by atoms with van der Waals surface area (Å²) in [6.07, 6.45) is -3.96. The molecule has 13 heteroatoms. The Balaban J connectivity index is 1.92. The molecule has 0 unspecified atom stereocenters. The van der Waals surface area contributed by atoms with Crippen LogP contribution in [-0.4, -0.2) is 37.6 Å². The van der Waals surface area contributed by atoms with Crippen LogP contribution in [0.5, 0.6) is 0 Å². The first-order chi connectivity index (χ1) is 12.0. The maximum atomic E-state index is 12.5. The average molecular weight is 430 g/mol. The Kier molecular flexibility index (Phi) is 6.11. The third-order valence-electron chi connectivity index (χ3n) is 2.97. The smallest absolute Gasteiger partial charge is 0.417 e. The second-order valence-corrected chi connectivity index (χ2v) is 8.15. The second-order valence-electron chi connectivity index (χ2n) is 4.84. The lowest BCUT2D eigenvalue weighted by molar-refractivity contribution is -0.137. The van der Waals surface area contributed by atoms with Crippen molar-refractivity contribution in [3.63, 3.8) is 0 Å². The summed E-state index contributed by atoms with van der Waals surface area (Å²) in [5.41, 5.74) is -1.14. The van der Waals surface area contributed by atoms with Gasteiger partial charge in [-0.05, 0) is 12.1 Å². The third-order valence-corrected chi connectivity index (χ3v) is 6.15. The van der Waals surface area contributed by atoms with E-state index in [1.54, 1.807) is 0 Å². The van der Waals surface area contributed by atoms with Gasteiger partial charge < -0.3 is 10.4 Å². The molecule has 0 saturated carbocycles. The number of carbonyl (C=O) groups is 1. The van der Waals surface area contributed by atoms with Crippen molar-refractivity contribution in [3.05, 3.63) is 39.9 Å². The minimum Gasteiger partial charge on any atom is -0.478 e. The van der Waals surface area contributed by atoms with Crippen molar-refractivity contribution in [3.8, 4) is 0 Å². The van der Waals surface area contributed by atoms with E-state index in [9.17, 15) is 26.4 Å². The molecule has 0 aliphatic carbocycles. The van der Waals surface area contributed by atoms with Crippen LogP contribution in [0.4, 0.5) is 19.0 Å². The molecule has 0 saturated heterocycles. The predicted octanol–water partition coefficient (Wildman–Crippen LogP) is 2.90. The number of aromatic nitrogens is 1. The lowest BCUT2D eigenvalue weighted by Gasteiger charge is -2.11. The highest BCUT2D eigenvalue weighted by atomic mass is 35.5. The Bertz CT molecular complexity index is 916. The van der Waals surface area contributed by atoms with Gasteiger partial charge in [-0.15, -0.1) is 11.3 Å². The number of nitrogens with one attached hydrogen (secondary N) is 2. The Morgan fingerprint density at radius 3 is 2.54 bits per heavy atom. The minimum atomic E-state index is -4.57. The number of halogens is 4. The van der Waals surface area contributed by atoms with Gasteiger partial charge in [0.15, 0.2) is 0 Å². The highest BCUT2D eigenvalue weighted by Gasteiger charge is 2.31. The molecule has 0 aliphatic rings. The van der Waals surface area contributed by atoms with Gasteiger partial charge in [0.25, 0.3) is 0 Å². The second kappa shape index (κ2) is 7.78. The molecule has 26 heavy (non-hydrogen) atoms. The molecule has 2 aromatic heterocycles. The van der Waals surface area contributed by atoms with Crippen LogP contribution in [0.15, 0.2) is 27.9 Å². The fraction of sp³-hybridized carbons (Fsp3) is 0.231. The van der Waals surface area contributed by atoms with Gasteiger partial charge in [-0.3, -0.25) is 0 Å². The van der Waals surface area contributed by atoms with Gasteiger partial charge >= 0.3 is 12.1 Å². The molecular weight excluding hydrogens is 419 g/mol. The molecule has 2 heterocycles. The maximum Gasteiger partial charge on any atom is 0.417 e. The van der Waals surface area contributed by atoms with Crippen molar-refractivity contribution in [1.82, 2.24) is 9.71 Å². The zero-order valence-corrected chi connectivity index (χ0v) is 15.1. The summed E-state index contributed by atoms with van der Waals surface area (Å²) < 4.78 is 63.6. The molecule has 3 N–H and O–H groups in total. The first-order valence-corrected chi connectivity index (χ1v) is 9.53. The molecule has 0 aromatic carbocycles. The third kappa shape index (κ3) is 5.06. The number of aromatic carboxylic acids is 1. The quantitative estimate of drug-likeness (QED) is 0.584. The molecule has 0 radical (unpaired) electrons.